The molecule has 2 rings (SSSR count). The van der Waals surface area contributed by atoms with Gasteiger partial charge in [-0.1, -0.05) is 0 Å². The highest BCUT2D eigenvalue weighted by Gasteiger charge is 2.10. The predicted octanol–water partition coefficient (Wildman–Crippen LogP) is 2.47. The second kappa shape index (κ2) is 5.14. The van der Waals surface area contributed by atoms with Crippen LogP contribution in [0.2, 0.25) is 5.28 Å². The molecule has 7 heteroatoms. The standard InChI is InChI=1S/C11H11ClFN5/c1-14-10-15-9(12)16-11(17-10)18(2)8-5-3-7(13)4-6-8/h3-6H,1-2H3,(H,14,15,16,17). The molecule has 5 nitrogen and oxygen atoms in total. The van der Waals surface area contributed by atoms with Gasteiger partial charge < -0.3 is 10.2 Å². The third-order valence-electron chi connectivity index (χ3n) is 2.33. The molecule has 18 heavy (non-hydrogen) atoms. The van der Waals surface area contributed by atoms with Crippen molar-refractivity contribution in [3.8, 4) is 0 Å². The first-order valence-corrected chi connectivity index (χ1v) is 5.56. The van der Waals surface area contributed by atoms with Gasteiger partial charge in [-0.15, -0.1) is 0 Å². The molecule has 0 atom stereocenters. The molecule has 0 saturated carbocycles. The molecule has 1 aromatic heterocycles. The van der Waals surface area contributed by atoms with Crippen LogP contribution in [0.1, 0.15) is 0 Å². The highest BCUT2D eigenvalue weighted by Crippen LogP contribution is 2.21. The van der Waals surface area contributed by atoms with E-state index in [0.29, 0.717) is 11.9 Å². The highest BCUT2D eigenvalue weighted by atomic mass is 35.5. The average Bonchev–Trinajstić information content (AvgIpc) is 2.38. The van der Waals surface area contributed by atoms with E-state index in [2.05, 4.69) is 20.3 Å². The average molecular weight is 268 g/mol. The minimum Gasteiger partial charge on any atom is -0.357 e. The lowest BCUT2D eigenvalue weighted by atomic mass is 10.3. The predicted molar refractivity (Wildman–Crippen MR) is 68.8 cm³/mol. The molecular weight excluding hydrogens is 257 g/mol. The van der Waals surface area contributed by atoms with E-state index < -0.39 is 0 Å². The lowest BCUT2D eigenvalue weighted by Gasteiger charge is -2.17. The smallest absolute Gasteiger partial charge is 0.235 e. The van der Waals surface area contributed by atoms with Gasteiger partial charge in [0.1, 0.15) is 5.82 Å². The molecule has 1 N–H and O–H groups in total. The van der Waals surface area contributed by atoms with E-state index in [1.165, 1.54) is 12.1 Å². The van der Waals surface area contributed by atoms with Crippen LogP contribution in [0.4, 0.5) is 22.0 Å². The molecule has 0 amide bonds. The molecule has 0 aliphatic carbocycles. The van der Waals surface area contributed by atoms with Crippen LogP contribution in [0.3, 0.4) is 0 Å². The van der Waals surface area contributed by atoms with Gasteiger partial charge in [0.2, 0.25) is 17.2 Å². The minimum absolute atomic E-state index is 0.0957. The van der Waals surface area contributed by atoms with E-state index in [1.807, 2.05) is 0 Å². The van der Waals surface area contributed by atoms with Gasteiger partial charge in [0, 0.05) is 19.8 Å². The molecule has 0 saturated heterocycles. The topological polar surface area (TPSA) is 53.9 Å². The molecule has 0 aliphatic heterocycles. The van der Waals surface area contributed by atoms with E-state index in [0.717, 1.165) is 5.69 Å². The maximum Gasteiger partial charge on any atom is 0.235 e. The number of aromatic nitrogens is 3. The first-order valence-electron chi connectivity index (χ1n) is 5.19. The number of anilines is 3. The summed E-state index contributed by atoms with van der Waals surface area (Å²) in [7, 11) is 3.45. The Balaban J connectivity index is 2.35. The Morgan fingerprint density at radius 1 is 1.17 bits per heavy atom. The summed E-state index contributed by atoms with van der Waals surface area (Å²) in [5.41, 5.74) is 0.751. The molecule has 0 radical (unpaired) electrons. The van der Waals surface area contributed by atoms with Crippen LogP contribution >= 0.6 is 11.6 Å². The summed E-state index contributed by atoms with van der Waals surface area (Å²) in [6.07, 6.45) is 0. The van der Waals surface area contributed by atoms with Crippen molar-refractivity contribution in [2.45, 2.75) is 0 Å². The number of hydrogen-bond acceptors (Lipinski definition) is 5. The Bertz CT molecular complexity index is 546. The number of benzene rings is 1. The van der Waals surface area contributed by atoms with Gasteiger partial charge >= 0.3 is 0 Å². The summed E-state index contributed by atoms with van der Waals surface area (Å²) in [6, 6.07) is 6.00. The molecule has 94 valence electrons. The summed E-state index contributed by atoms with van der Waals surface area (Å²) < 4.78 is 12.8. The van der Waals surface area contributed by atoms with Gasteiger partial charge in [-0.05, 0) is 35.9 Å². The van der Waals surface area contributed by atoms with Gasteiger partial charge in [-0.2, -0.15) is 15.0 Å². The molecule has 0 unspecified atom stereocenters. The van der Waals surface area contributed by atoms with Crippen molar-refractivity contribution in [1.82, 2.24) is 15.0 Å². The Kier molecular flexibility index (Phi) is 3.57. The molecule has 1 heterocycles. The molecule has 0 bridgehead atoms. The van der Waals surface area contributed by atoms with Crippen molar-refractivity contribution in [3.63, 3.8) is 0 Å². The SMILES string of the molecule is CNc1nc(Cl)nc(N(C)c2ccc(F)cc2)n1. The monoisotopic (exact) mass is 267 g/mol. The van der Waals surface area contributed by atoms with E-state index in [1.54, 1.807) is 31.1 Å². The van der Waals surface area contributed by atoms with Crippen LogP contribution in [-0.4, -0.2) is 29.0 Å². The van der Waals surface area contributed by atoms with Crippen molar-refractivity contribution < 1.29 is 4.39 Å². The van der Waals surface area contributed by atoms with E-state index in [4.69, 9.17) is 11.6 Å². The van der Waals surface area contributed by atoms with Crippen LogP contribution < -0.4 is 10.2 Å². The molecular formula is C11H11ClFN5. The largest absolute Gasteiger partial charge is 0.357 e. The second-order valence-corrected chi connectivity index (χ2v) is 3.85. The quantitative estimate of drug-likeness (QED) is 0.926. The van der Waals surface area contributed by atoms with Crippen molar-refractivity contribution in [2.75, 3.05) is 24.3 Å². The summed E-state index contributed by atoms with van der Waals surface area (Å²) in [6.45, 7) is 0. The van der Waals surface area contributed by atoms with Gasteiger partial charge in [0.25, 0.3) is 0 Å². The van der Waals surface area contributed by atoms with Crippen LogP contribution in [0.15, 0.2) is 24.3 Å². The van der Waals surface area contributed by atoms with Crippen molar-refractivity contribution >= 4 is 29.2 Å². The maximum absolute atomic E-state index is 12.8. The fourth-order valence-electron chi connectivity index (χ4n) is 1.38. The Labute approximate surface area is 109 Å². The summed E-state index contributed by atoms with van der Waals surface area (Å²) in [5.74, 6) is 0.460. The molecule has 2 aromatic rings. The highest BCUT2D eigenvalue weighted by molar-refractivity contribution is 6.28. The summed E-state index contributed by atoms with van der Waals surface area (Å²) in [4.78, 5) is 13.8. The third-order valence-corrected chi connectivity index (χ3v) is 2.50. The zero-order valence-electron chi connectivity index (χ0n) is 9.85. The van der Waals surface area contributed by atoms with Gasteiger partial charge in [0.05, 0.1) is 0 Å². The number of halogens is 2. The van der Waals surface area contributed by atoms with Crippen LogP contribution in [0.25, 0.3) is 0 Å². The van der Waals surface area contributed by atoms with Crippen LogP contribution in [0.5, 0.6) is 0 Å². The van der Waals surface area contributed by atoms with Crippen molar-refractivity contribution in [1.29, 1.82) is 0 Å². The van der Waals surface area contributed by atoms with Crippen molar-refractivity contribution in [2.24, 2.45) is 0 Å². The Morgan fingerprint density at radius 2 is 1.83 bits per heavy atom. The molecule has 0 spiro atoms. The number of nitrogens with zero attached hydrogens (tertiary/aromatic N) is 4. The van der Waals surface area contributed by atoms with Crippen LogP contribution in [-0.2, 0) is 0 Å². The lowest BCUT2D eigenvalue weighted by Crippen LogP contribution is -2.14. The number of rotatable bonds is 3. The number of nitrogens with one attached hydrogen (secondary N) is 1. The minimum atomic E-state index is -0.295. The second-order valence-electron chi connectivity index (χ2n) is 3.51. The van der Waals surface area contributed by atoms with E-state index >= 15 is 0 Å². The fourth-order valence-corrected chi connectivity index (χ4v) is 1.54. The molecule has 0 aliphatic rings. The third kappa shape index (κ3) is 2.65. The Hall–Kier alpha value is -1.95. The van der Waals surface area contributed by atoms with E-state index in [9.17, 15) is 4.39 Å². The van der Waals surface area contributed by atoms with Gasteiger partial charge in [-0.3, -0.25) is 0 Å². The maximum atomic E-state index is 12.8. The zero-order valence-corrected chi connectivity index (χ0v) is 10.6. The van der Waals surface area contributed by atoms with Crippen LogP contribution in [0, 0.1) is 5.82 Å². The Morgan fingerprint density at radius 3 is 2.44 bits per heavy atom. The summed E-state index contributed by atoms with van der Waals surface area (Å²) >= 11 is 5.80. The fraction of sp³-hybridized carbons (Fsp3) is 0.182. The molecule has 0 fully saturated rings. The van der Waals surface area contributed by atoms with Gasteiger partial charge in [-0.25, -0.2) is 4.39 Å². The van der Waals surface area contributed by atoms with Crippen molar-refractivity contribution in [3.05, 3.63) is 35.4 Å². The number of hydrogen-bond donors (Lipinski definition) is 1. The lowest BCUT2D eigenvalue weighted by molar-refractivity contribution is 0.628. The normalized spacial score (nSPS) is 10.2. The zero-order chi connectivity index (χ0) is 13.1. The molecule has 1 aromatic carbocycles. The summed E-state index contributed by atoms with van der Waals surface area (Å²) in [5, 5.41) is 2.89. The first-order chi connectivity index (χ1) is 8.60. The van der Waals surface area contributed by atoms with E-state index in [-0.39, 0.29) is 11.1 Å². The first kappa shape index (κ1) is 12.5. The van der Waals surface area contributed by atoms with Gasteiger partial charge in [0.15, 0.2) is 0 Å².